The Morgan fingerprint density at radius 2 is 1.56 bits per heavy atom. The molecule has 96 valence electrons. The van der Waals surface area contributed by atoms with Gasteiger partial charge in [0.2, 0.25) is 0 Å². The maximum Gasteiger partial charge on any atom is 0.0574 e. The Labute approximate surface area is 109 Å². The third-order valence-corrected chi connectivity index (χ3v) is 3.43. The first-order valence-corrected chi connectivity index (χ1v) is 7.09. The molecule has 2 heteroatoms. The molecule has 0 atom stereocenters. The zero-order chi connectivity index (χ0) is 12.6. The Balaban J connectivity index is 1.81. The van der Waals surface area contributed by atoms with E-state index in [4.69, 9.17) is 0 Å². The van der Waals surface area contributed by atoms with Gasteiger partial charge in [-0.25, -0.2) is 0 Å². The highest BCUT2D eigenvalue weighted by atomic mass is 15.1. The van der Waals surface area contributed by atoms with Crippen LogP contribution in [0.3, 0.4) is 0 Å². The van der Waals surface area contributed by atoms with Crippen LogP contribution in [0.25, 0.3) is 10.8 Å². The van der Waals surface area contributed by atoms with Gasteiger partial charge in [0.15, 0.2) is 0 Å². The summed E-state index contributed by atoms with van der Waals surface area (Å²) in [4.78, 5) is 0. The molecule has 18 heavy (non-hydrogen) atoms. The smallest absolute Gasteiger partial charge is 0.0574 e. The SMILES string of the molecule is CCCCCCCCc1ccc2cnncc2c1. The fourth-order valence-electron chi connectivity index (χ4n) is 2.31. The van der Waals surface area contributed by atoms with Crippen LogP contribution in [0.2, 0.25) is 0 Å². The molecule has 2 aromatic rings. The molecule has 2 rings (SSSR count). The van der Waals surface area contributed by atoms with Crippen molar-refractivity contribution in [1.29, 1.82) is 0 Å². The highest BCUT2D eigenvalue weighted by Crippen LogP contribution is 2.16. The predicted octanol–water partition coefficient (Wildman–Crippen LogP) is 4.53. The van der Waals surface area contributed by atoms with E-state index < -0.39 is 0 Å². The molecule has 0 bridgehead atoms. The summed E-state index contributed by atoms with van der Waals surface area (Å²) in [6.07, 6.45) is 13.0. The van der Waals surface area contributed by atoms with Crippen molar-refractivity contribution in [3.8, 4) is 0 Å². The second-order valence-corrected chi connectivity index (χ2v) is 4.97. The molecule has 1 heterocycles. The standard InChI is InChI=1S/C16H22N2/c1-2-3-4-5-6-7-8-14-9-10-15-12-17-18-13-16(15)11-14/h9-13H,2-8H2,1H3. The Morgan fingerprint density at radius 1 is 0.833 bits per heavy atom. The summed E-state index contributed by atoms with van der Waals surface area (Å²) in [6.45, 7) is 2.26. The third kappa shape index (κ3) is 3.80. The minimum Gasteiger partial charge on any atom is -0.158 e. The van der Waals surface area contributed by atoms with Gasteiger partial charge >= 0.3 is 0 Å². The van der Waals surface area contributed by atoms with E-state index in [-0.39, 0.29) is 0 Å². The lowest BCUT2D eigenvalue weighted by Crippen LogP contribution is -1.88. The molecular formula is C16H22N2. The Morgan fingerprint density at radius 3 is 2.39 bits per heavy atom. The Bertz CT molecular complexity index is 479. The van der Waals surface area contributed by atoms with Crippen LogP contribution < -0.4 is 0 Å². The van der Waals surface area contributed by atoms with Gasteiger partial charge in [-0.2, -0.15) is 10.2 Å². The summed E-state index contributed by atoms with van der Waals surface area (Å²) in [5.41, 5.74) is 1.42. The van der Waals surface area contributed by atoms with Crippen LogP contribution >= 0.6 is 0 Å². The summed E-state index contributed by atoms with van der Waals surface area (Å²) in [5, 5.41) is 10.2. The number of aryl methyl sites for hydroxylation is 1. The summed E-state index contributed by atoms with van der Waals surface area (Å²) in [6, 6.07) is 6.61. The van der Waals surface area contributed by atoms with Crippen LogP contribution in [0.1, 0.15) is 51.0 Å². The molecule has 0 N–H and O–H groups in total. The monoisotopic (exact) mass is 242 g/mol. The highest BCUT2D eigenvalue weighted by molar-refractivity contribution is 5.81. The molecule has 0 unspecified atom stereocenters. The van der Waals surface area contributed by atoms with Gasteiger partial charge in [0, 0.05) is 10.8 Å². The molecular weight excluding hydrogens is 220 g/mol. The van der Waals surface area contributed by atoms with Crippen molar-refractivity contribution in [3.05, 3.63) is 36.2 Å². The topological polar surface area (TPSA) is 25.8 Å². The molecule has 1 aromatic carbocycles. The summed E-state index contributed by atoms with van der Waals surface area (Å²) >= 11 is 0. The molecule has 0 saturated carbocycles. The van der Waals surface area contributed by atoms with E-state index in [1.165, 1.54) is 61.3 Å². The minimum absolute atomic E-state index is 1.18. The number of benzene rings is 1. The number of aromatic nitrogens is 2. The molecule has 0 saturated heterocycles. The van der Waals surface area contributed by atoms with Crippen molar-refractivity contribution in [2.75, 3.05) is 0 Å². The largest absolute Gasteiger partial charge is 0.158 e. The second-order valence-electron chi connectivity index (χ2n) is 4.97. The number of fused-ring (bicyclic) bond motifs is 1. The van der Waals surface area contributed by atoms with Crippen LogP contribution in [0.5, 0.6) is 0 Å². The van der Waals surface area contributed by atoms with Crippen LogP contribution in [-0.4, -0.2) is 10.2 Å². The number of rotatable bonds is 7. The lowest BCUT2D eigenvalue weighted by atomic mass is 10.0. The highest BCUT2D eigenvalue weighted by Gasteiger charge is 1.97. The number of hydrogen-bond donors (Lipinski definition) is 0. The lowest BCUT2D eigenvalue weighted by Gasteiger charge is -2.03. The van der Waals surface area contributed by atoms with Gasteiger partial charge in [0.25, 0.3) is 0 Å². The number of unbranched alkanes of at least 4 members (excludes halogenated alkanes) is 5. The van der Waals surface area contributed by atoms with E-state index in [0.29, 0.717) is 0 Å². The molecule has 0 amide bonds. The Hall–Kier alpha value is -1.44. The first kappa shape index (κ1) is 13.0. The third-order valence-electron chi connectivity index (χ3n) is 3.43. The van der Waals surface area contributed by atoms with E-state index >= 15 is 0 Å². The van der Waals surface area contributed by atoms with Gasteiger partial charge in [-0.3, -0.25) is 0 Å². The Kier molecular flexibility index (Phi) is 5.13. The predicted molar refractivity (Wildman–Crippen MR) is 76.6 cm³/mol. The van der Waals surface area contributed by atoms with Crippen LogP contribution in [0.15, 0.2) is 30.6 Å². The van der Waals surface area contributed by atoms with Gasteiger partial charge in [0.05, 0.1) is 12.4 Å². The first-order valence-electron chi connectivity index (χ1n) is 7.09. The van der Waals surface area contributed by atoms with E-state index in [9.17, 15) is 0 Å². The lowest BCUT2D eigenvalue weighted by molar-refractivity contribution is 0.607. The molecule has 0 fully saturated rings. The summed E-state index contributed by atoms with van der Waals surface area (Å²) in [5.74, 6) is 0. The van der Waals surface area contributed by atoms with Crippen LogP contribution in [0.4, 0.5) is 0 Å². The fraction of sp³-hybridized carbons (Fsp3) is 0.500. The zero-order valence-corrected chi connectivity index (χ0v) is 11.2. The average molecular weight is 242 g/mol. The van der Waals surface area contributed by atoms with Gasteiger partial charge in [-0.1, -0.05) is 51.2 Å². The minimum atomic E-state index is 1.18. The number of hydrogen-bond acceptors (Lipinski definition) is 2. The normalized spacial score (nSPS) is 10.9. The van der Waals surface area contributed by atoms with Gasteiger partial charge in [-0.05, 0) is 24.5 Å². The molecule has 1 aromatic heterocycles. The fourth-order valence-corrected chi connectivity index (χ4v) is 2.31. The molecule has 0 aliphatic rings. The molecule has 0 spiro atoms. The maximum absolute atomic E-state index is 3.93. The number of nitrogens with zero attached hydrogens (tertiary/aromatic N) is 2. The van der Waals surface area contributed by atoms with Crippen LogP contribution in [0, 0.1) is 0 Å². The van der Waals surface area contributed by atoms with Crippen molar-refractivity contribution in [1.82, 2.24) is 10.2 Å². The van der Waals surface area contributed by atoms with E-state index in [1.807, 2.05) is 12.4 Å². The molecule has 0 aliphatic carbocycles. The second kappa shape index (κ2) is 7.10. The molecule has 2 nitrogen and oxygen atoms in total. The van der Waals surface area contributed by atoms with Crippen molar-refractivity contribution in [3.63, 3.8) is 0 Å². The summed E-state index contributed by atoms with van der Waals surface area (Å²) in [7, 11) is 0. The average Bonchev–Trinajstić information content (AvgIpc) is 2.42. The van der Waals surface area contributed by atoms with Crippen molar-refractivity contribution >= 4 is 10.8 Å². The van der Waals surface area contributed by atoms with E-state index in [0.717, 1.165) is 0 Å². The van der Waals surface area contributed by atoms with Gasteiger partial charge in [0.1, 0.15) is 0 Å². The molecule has 0 aliphatic heterocycles. The van der Waals surface area contributed by atoms with Crippen molar-refractivity contribution < 1.29 is 0 Å². The van der Waals surface area contributed by atoms with Crippen molar-refractivity contribution in [2.24, 2.45) is 0 Å². The van der Waals surface area contributed by atoms with Gasteiger partial charge < -0.3 is 0 Å². The maximum atomic E-state index is 3.93. The van der Waals surface area contributed by atoms with Crippen LogP contribution in [-0.2, 0) is 6.42 Å². The molecule has 0 radical (unpaired) electrons. The van der Waals surface area contributed by atoms with Gasteiger partial charge in [-0.15, -0.1) is 0 Å². The van der Waals surface area contributed by atoms with Crippen molar-refractivity contribution in [2.45, 2.75) is 51.9 Å². The zero-order valence-electron chi connectivity index (χ0n) is 11.2. The van der Waals surface area contributed by atoms with E-state index in [2.05, 4.69) is 35.3 Å². The van der Waals surface area contributed by atoms with E-state index in [1.54, 1.807) is 0 Å². The first-order chi connectivity index (χ1) is 8.90. The quantitative estimate of drug-likeness (QED) is 0.666. The summed E-state index contributed by atoms with van der Waals surface area (Å²) < 4.78 is 0.